The minimum Gasteiger partial charge on any atom is -0.355 e. The summed E-state index contributed by atoms with van der Waals surface area (Å²) < 4.78 is 26.9. The van der Waals surface area contributed by atoms with Crippen molar-refractivity contribution in [1.29, 1.82) is 0 Å². The molecule has 26 heavy (non-hydrogen) atoms. The summed E-state index contributed by atoms with van der Waals surface area (Å²) in [6.45, 7) is 8.15. The number of rotatable bonds is 7. The fourth-order valence-electron chi connectivity index (χ4n) is 2.72. The second-order valence-corrected chi connectivity index (χ2v) is 8.90. The summed E-state index contributed by atoms with van der Waals surface area (Å²) >= 11 is 0. The van der Waals surface area contributed by atoms with Crippen LogP contribution in [0.25, 0.3) is 0 Å². The first-order chi connectivity index (χ1) is 12.2. The number of nitrogens with one attached hydrogen (secondary N) is 1. The highest BCUT2D eigenvalue weighted by Gasteiger charge is 2.29. The number of ketones is 1. The summed E-state index contributed by atoms with van der Waals surface area (Å²) in [5.74, 6) is 0.267. The molecule has 1 amide bonds. The number of hydrogen-bond acceptors (Lipinski definition) is 5. The van der Waals surface area contributed by atoms with Gasteiger partial charge < -0.3 is 5.32 Å². The number of hydrogen-bond donors (Lipinski definition) is 1. The molecule has 0 atom stereocenters. The number of benzene rings is 1. The minimum absolute atomic E-state index is 0.0326. The molecule has 0 unspecified atom stereocenters. The zero-order chi connectivity index (χ0) is 19.3. The Labute approximate surface area is 155 Å². The summed E-state index contributed by atoms with van der Waals surface area (Å²) in [5, 5.41) is 2.87. The molecule has 0 radical (unpaired) electrons. The van der Waals surface area contributed by atoms with E-state index in [-0.39, 0.29) is 23.1 Å². The molecule has 1 fully saturated rings. The molecule has 2 rings (SSSR count). The van der Waals surface area contributed by atoms with Gasteiger partial charge in [-0.25, -0.2) is 8.42 Å². The number of amides is 1. The van der Waals surface area contributed by atoms with Gasteiger partial charge in [-0.2, -0.15) is 4.31 Å². The van der Waals surface area contributed by atoms with E-state index >= 15 is 0 Å². The van der Waals surface area contributed by atoms with Crippen molar-refractivity contribution in [2.75, 3.05) is 39.3 Å². The van der Waals surface area contributed by atoms with Gasteiger partial charge in [0.2, 0.25) is 15.9 Å². The fourth-order valence-corrected chi connectivity index (χ4v) is 4.14. The van der Waals surface area contributed by atoms with Gasteiger partial charge in [-0.3, -0.25) is 14.5 Å². The number of sulfonamides is 1. The molecule has 7 nitrogen and oxygen atoms in total. The minimum atomic E-state index is -3.58. The molecule has 8 heteroatoms. The molecule has 1 heterocycles. The van der Waals surface area contributed by atoms with Crippen molar-refractivity contribution in [1.82, 2.24) is 14.5 Å². The lowest BCUT2D eigenvalue weighted by atomic mass is 10.2. The first kappa shape index (κ1) is 20.5. The van der Waals surface area contributed by atoms with Gasteiger partial charge in [-0.15, -0.1) is 0 Å². The van der Waals surface area contributed by atoms with Gasteiger partial charge in [0.25, 0.3) is 0 Å². The Morgan fingerprint density at radius 3 is 2.15 bits per heavy atom. The van der Waals surface area contributed by atoms with Crippen LogP contribution in [0.1, 0.15) is 31.1 Å². The Morgan fingerprint density at radius 2 is 1.65 bits per heavy atom. The smallest absolute Gasteiger partial charge is 0.243 e. The van der Waals surface area contributed by atoms with Crippen LogP contribution in [0, 0.1) is 5.92 Å². The second-order valence-electron chi connectivity index (χ2n) is 6.96. The molecule has 1 N–H and O–H groups in total. The Morgan fingerprint density at radius 1 is 1.08 bits per heavy atom. The monoisotopic (exact) mass is 381 g/mol. The molecule has 0 aromatic heterocycles. The summed E-state index contributed by atoms with van der Waals surface area (Å²) in [4.78, 5) is 25.4. The van der Waals surface area contributed by atoms with Gasteiger partial charge in [-0.05, 0) is 25.0 Å². The van der Waals surface area contributed by atoms with Gasteiger partial charge in [-0.1, -0.05) is 26.0 Å². The van der Waals surface area contributed by atoms with E-state index < -0.39 is 10.0 Å². The van der Waals surface area contributed by atoms with Crippen molar-refractivity contribution in [2.24, 2.45) is 5.92 Å². The van der Waals surface area contributed by atoms with E-state index in [0.717, 1.165) is 0 Å². The third kappa shape index (κ3) is 5.36. The highest BCUT2D eigenvalue weighted by molar-refractivity contribution is 7.89. The van der Waals surface area contributed by atoms with Crippen LogP contribution in [0.15, 0.2) is 29.2 Å². The van der Waals surface area contributed by atoms with Crippen LogP contribution in [0.2, 0.25) is 0 Å². The van der Waals surface area contributed by atoms with Crippen molar-refractivity contribution in [3.05, 3.63) is 29.8 Å². The van der Waals surface area contributed by atoms with Crippen molar-refractivity contribution in [2.45, 2.75) is 25.7 Å². The first-order valence-electron chi connectivity index (χ1n) is 8.80. The van der Waals surface area contributed by atoms with Crippen LogP contribution in [0.3, 0.4) is 0 Å². The van der Waals surface area contributed by atoms with Crippen LogP contribution in [-0.2, 0) is 14.8 Å². The van der Waals surface area contributed by atoms with E-state index in [0.29, 0.717) is 44.2 Å². The molecule has 144 valence electrons. The van der Waals surface area contributed by atoms with Crippen LogP contribution in [0.4, 0.5) is 0 Å². The average Bonchev–Trinajstić information content (AvgIpc) is 2.60. The number of piperazine rings is 1. The second kappa shape index (κ2) is 8.75. The number of nitrogens with zero attached hydrogens (tertiary/aromatic N) is 2. The SMILES string of the molecule is CC(=O)c1ccc(S(=O)(=O)N2CCN(CC(=O)NCC(C)C)CC2)cc1. The highest BCUT2D eigenvalue weighted by Crippen LogP contribution is 2.18. The molecule has 0 bridgehead atoms. The molecule has 1 aromatic carbocycles. The lowest BCUT2D eigenvalue weighted by molar-refractivity contribution is -0.122. The summed E-state index contributed by atoms with van der Waals surface area (Å²) in [6.07, 6.45) is 0. The quantitative estimate of drug-likeness (QED) is 0.711. The molecule has 0 spiro atoms. The number of carbonyl (C=O) groups is 2. The fraction of sp³-hybridized carbons (Fsp3) is 0.556. The maximum absolute atomic E-state index is 12.7. The third-order valence-corrected chi connectivity index (χ3v) is 6.22. The molecular formula is C18H27N3O4S. The summed E-state index contributed by atoms with van der Waals surface area (Å²) in [5.41, 5.74) is 0.487. The zero-order valence-corrected chi connectivity index (χ0v) is 16.4. The average molecular weight is 381 g/mol. The third-order valence-electron chi connectivity index (χ3n) is 4.30. The van der Waals surface area contributed by atoms with Crippen molar-refractivity contribution in [3.63, 3.8) is 0 Å². The lowest BCUT2D eigenvalue weighted by Crippen LogP contribution is -2.51. The van der Waals surface area contributed by atoms with Gasteiger partial charge in [0.15, 0.2) is 5.78 Å². The van der Waals surface area contributed by atoms with E-state index in [9.17, 15) is 18.0 Å². The molecule has 1 saturated heterocycles. The van der Waals surface area contributed by atoms with Crippen molar-refractivity contribution in [3.8, 4) is 0 Å². The Hall–Kier alpha value is -1.77. The summed E-state index contributed by atoms with van der Waals surface area (Å²) in [6, 6.07) is 6.00. The normalized spacial score (nSPS) is 16.6. The Bertz CT molecular complexity index is 736. The van der Waals surface area contributed by atoms with Crippen molar-refractivity contribution < 1.29 is 18.0 Å². The molecular weight excluding hydrogens is 354 g/mol. The van der Waals surface area contributed by atoms with Gasteiger partial charge >= 0.3 is 0 Å². The molecule has 0 saturated carbocycles. The summed E-state index contributed by atoms with van der Waals surface area (Å²) in [7, 11) is -3.58. The maximum Gasteiger partial charge on any atom is 0.243 e. The standard InChI is InChI=1S/C18H27N3O4S/c1-14(2)12-19-18(23)13-20-8-10-21(11-9-20)26(24,25)17-6-4-16(5-7-17)15(3)22/h4-7,14H,8-13H2,1-3H3,(H,19,23). The van der Waals surface area contributed by atoms with E-state index in [2.05, 4.69) is 5.32 Å². The van der Waals surface area contributed by atoms with Crippen LogP contribution in [0.5, 0.6) is 0 Å². The van der Waals surface area contributed by atoms with Crippen LogP contribution >= 0.6 is 0 Å². The molecule has 1 aliphatic heterocycles. The Balaban J connectivity index is 1.91. The van der Waals surface area contributed by atoms with Crippen molar-refractivity contribution >= 4 is 21.7 Å². The zero-order valence-electron chi connectivity index (χ0n) is 15.6. The van der Waals surface area contributed by atoms with Gasteiger partial charge in [0, 0.05) is 38.3 Å². The highest BCUT2D eigenvalue weighted by atomic mass is 32.2. The molecule has 1 aliphatic rings. The van der Waals surface area contributed by atoms with E-state index in [1.807, 2.05) is 18.7 Å². The van der Waals surface area contributed by atoms with E-state index in [1.54, 1.807) is 0 Å². The largest absolute Gasteiger partial charge is 0.355 e. The predicted molar refractivity (Wildman–Crippen MR) is 99.5 cm³/mol. The lowest BCUT2D eigenvalue weighted by Gasteiger charge is -2.33. The van der Waals surface area contributed by atoms with Gasteiger partial charge in [0.05, 0.1) is 11.4 Å². The molecule has 0 aliphatic carbocycles. The van der Waals surface area contributed by atoms with E-state index in [1.165, 1.54) is 35.5 Å². The number of carbonyl (C=O) groups excluding carboxylic acids is 2. The Kier molecular flexibility index (Phi) is 6.91. The van der Waals surface area contributed by atoms with Crippen LogP contribution in [-0.4, -0.2) is 68.6 Å². The van der Waals surface area contributed by atoms with Gasteiger partial charge in [0.1, 0.15) is 0 Å². The molecule has 1 aromatic rings. The predicted octanol–water partition coefficient (Wildman–Crippen LogP) is 0.968. The first-order valence-corrected chi connectivity index (χ1v) is 10.2. The number of Topliss-reactive ketones (excluding diaryl/α,β-unsaturated/α-hetero) is 1. The van der Waals surface area contributed by atoms with Crippen LogP contribution < -0.4 is 5.32 Å². The topological polar surface area (TPSA) is 86.8 Å². The maximum atomic E-state index is 12.7. The van der Waals surface area contributed by atoms with E-state index in [4.69, 9.17) is 0 Å².